The van der Waals surface area contributed by atoms with E-state index in [1.807, 2.05) is 11.9 Å². The molecule has 0 bridgehead atoms. The molecule has 0 amide bonds. The molecular weight excluding hydrogens is 182 g/mol. The van der Waals surface area contributed by atoms with E-state index < -0.39 is 0 Å². The lowest BCUT2D eigenvalue weighted by Gasteiger charge is -2.15. The van der Waals surface area contributed by atoms with E-state index in [0.717, 1.165) is 13.2 Å². The Bertz CT molecular complexity index is 159. The van der Waals surface area contributed by atoms with Crippen LogP contribution in [0.25, 0.3) is 0 Å². The third-order valence-electron chi connectivity index (χ3n) is 1.70. The van der Waals surface area contributed by atoms with E-state index >= 15 is 0 Å². The maximum atomic E-state index is 10.9. The summed E-state index contributed by atoms with van der Waals surface area (Å²) in [6.07, 6.45) is 0. The molecule has 0 aromatic rings. The largest absolute Gasteiger partial charge is 0.468 e. The molecule has 0 aliphatic carbocycles. The minimum Gasteiger partial charge on any atom is -0.468 e. The maximum absolute atomic E-state index is 10.9. The molecule has 0 aliphatic heterocycles. The number of rotatable bonds is 7. The quantitative estimate of drug-likeness (QED) is 0.452. The zero-order valence-corrected chi connectivity index (χ0v) is 9.58. The molecule has 14 heavy (non-hydrogen) atoms. The molecule has 84 valence electrons. The van der Waals surface area contributed by atoms with Crippen LogP contribution in [0.1, 0.15) is 13.8 Å². The number of hydrogen-bond acceptors (Lipinski definition) is 4. The summed E-state index contributed by atoms with van der Waals surface area (Å²) in [7, 11) is 3.26. The summed E-state index contributed by atoms with van der Waals surface area (Å²) < 4.78 is 9.93. The number of likely N-dealkylation sites (N-methyl/N-ethyl adjacent to an activating group) is 1. The molecule has 4 nitrogen and oxygen atoms in total. The molecule has 0 saturated heterocycles. The second-order valence-corrected chi connectivity index (χ2v) is 3.78. The number of carbonyl (C=O) groups excluding carboxylic acids is 1. The van der Waals surface area contributed by atoms with Gasteiger partial charge in [0, 0.05) is 13.2 Å². The van der Waals surface area contributed by atoms with Crippen LogP contribution in [-0.4, -0.2) is 51.3 Å². The molecule has 0 unspecified atom stereocenters. The molecule has 0 atom stereocenters. The van der Waals surface area contributed by atoms with Crippen molar-refractivity contribution in [1.82, 2.24) is 4.90 Å². The normalized spacial score (nSPS) is 11.0. The predicted molar refractivity (Wildman–Crippen MR) is 55.2 cm³/mol. The first-order valence-electron chi connectivity index (χ1n) is 4.89. The number of ether oxygens (including phenoxy) is 2. The first-order chi connectivity index (χ1) is 6.56. The van der Waals surface area contributed by atoms with Crippen LogP contribution in [0, 0.1) is 5.92 Å². The molecule has 0 rings (SSSR count). The van der Waals surface area contributed by atoms with Crippen molar-refractivity contribution in [3.05, 3.63) is 0 Å². The molecule has 0 N–H and O–H groups in total. The summed E-state index contributed by atoms with van der Waals surface area (Å²) in [4.78, 5) is 12.7. The molecule has 0 fully saturated rings. The van der Waals surface area contributed by atoms with Gasteiger partial charge in [-0.25, -0.2) is 0 Å². The van der Waals surface area contributed by atoms with E-state index in [2.05, 4.69) is 18.6 Å². The molecule has 0 aromatic carbocycles. The SMILES string of the molecule is COC(=O)CN(C)CCOCC(C)C. The van der Waals surface area contributed by atoms with Gasteiger partial charge in [-0.1, -0.05) is 13.8 Å². The second kappa shape index (κ2) is 7.76. The Kier molecular flexibility index (Phi) is 7.42. The third-order valence-corrected chi connectivity index (χ3v) is 1.70. The Morgan fingerprint density at radius 2 is 2.07 bits per heavy atom. The number of nitrogens with zero attached hydrogens (tertiary/aromatic N) is 1. The molecular formula is C10H21NO3. The van der Waals surface area contributed by atoms with Crippen molar-refractivity contribution >= 4 is 5.97 Å². The summed E-state index contributed by atoms with van der Waals surface area (Å²) in [6, 6.07) is 0. The highest BCUT2D eigenvalue weighted by molar-refractivity contribution is 5.71. The van der Waals surface area contributed by atoms with Gasteiger partial charge >= 0.3 is 5.97 Å². The second-order valence-electron chi connectivity index (χ2n) is 3.78. The van der Waals surface area contributed by atoms with Crippen molar-refractivity contribution in [3.8, 4) is 0 Å². The lowest BCUT2D eigenvalue weighted by molar-refractivity contribution is -0.141. The van der Waals surface area contributed by atoms with Gasteiger partial charge in [0.05, 0.1) is 20.3 Å². The molecule has 0 aliphatic rings. The fourth-order valence-electron chi connectivity index (χ4n) is 0.903. The zero-order valence-electron chi connectivity index (χ0n) is 9.58. The zero-order chi connectivity index (χ0) is 11.0. The standard InChI is InChI=1S/C10H21NO3/c1-9(2)8-14-6-5-11(3)7-10(12)13-4/h9H,5-8H2,1-4H3. The van der Waals surface area contributed by atoms with Crippen LogP contribution < -0.4 is 0 Å². The van der Waals surface area contributed by atoms with Gasteiger partial charge in [-0.3, -0.25) is 9.69 Å². The van der Waals surface area contributed by atoms with Gasteiger partial charge in [0.25, 0.3) is 0 Å². The Hall–Kier alpha value is -0.610. The third kappa shape index (κ3) is 8.01. The van der Waals surface area contributed by atoms with E-state index in [1.165, 1.54) is 7.11 Å². The average molecular weight is 203 g/mol. The maximum Gasteiger partial charge on any atom is 0.319 e. The summed E-state index contributed by atoms with van der Waals surface area (Å²) in [5.74, 6) is 0.345. The molecule has 0 aromatic heterocycles. The minimum absolute atomic E-state index is 0.212. The van der Waals surface area contributed by atoms with E-state index in [0.29, 0.717) is 19.1 Å². The Morgan fingerprint density at radius 1 is 1.43 bits per heavy atom. The fraction of sp³-hybridized carbons (Fsp3) is 0.900. The van der Waals surface area contributed by atoms with Crippen LogP contribution in [0.5, 0.6) is 0 Å². The number of hydrogen-bond donors (Lipinski definition) is 0. The van der Waals surface area contributed by atoms with E-state index in [4.69, 9.17) is 4.74 Å². The van der Waals surface area contributed by atoms with Gasteiger partial charge in [0.1, 0.15) is 0 Å². The first kappa shape index (κ1) is 13.4. The van der Waals surface area contributed by atoms with Crippen LogP contribution >= 0.6 is 0 Å². The van der Waals surface area contributed by atoms with Gasteiger partial charge in [-0.2, -0.15) is 0 Å². The van der Waals surface area contributed by atoms with Gasteiger partial charge in [-0.05, 0) is 13.0 Å². The van der Waals surface area contributed by atoms with Crippen molar-refractivity contribution in [3.63, 3.8) is 0 Å². The lowest BCUT2D eigenvalue weighted by atomic mass is 10.2. The highest BCUT2D eigenvalue weighted by Gasteiger charge is 2.05. The highest BCUT2D eigenvalue weighted by Crippen LogP contribution is 1.92. The predicted octanol–water partition coefficient (Wildman–Crippen LogP) is 0.764. The van der Waals surface area contributed by atoms with Crippen molar-refractivity contribution in [2.24, 2.45) is 5.92 Å². The summed E-state index contributed by atoms with van der Waals surface area (Å²) in [5, 5.41) is 0. The lowest BCUT2D eigenvalue weighted by Crippen LogP contribution is -2.30. The van der Waals surface area contributed by atoms with Crippen LogP contribution in [0.4, 0.5) is 0 Å². The summed E-state index contributed by atoms with van der Waals surface area (Å²) in [6.45, 7) is 6.72. The number of carbonyl (C=O) groups is 1. The first-order valence-corrected chi connectivity index (χ1v) is 4.89. The average Bonchev–Trinajstić information content (AvgIpc) is 2.12. The van der Waals surface area contributed by atoms with E-state index in [1.54, 1.807) is 0 Å². The number of esters is 1. The van der Waals surface area contributed by atoms with Crippen molar-refractivity contribution < 1.29 is 14.3 Å². The minimum atomic E-state index is -0.212. The van der Waals surface area contributed by atoms with Gasteiger partial charge in [-0.15, -0.1) is 0 Å². The van der Waals surface area contributed by atoms with Crippen LogP contribution in [0.2, 0.25) is 0 Å². The molecule has 0 radical (unpaired) electrons. The summed E-state index contributed by atoms with van der Waals surface area (Å²) >= 11 is 0. The van der Waals surface area contributed by atoms with Crippen LogP contribution in [0.15, 0.2) is 0 Å². The molecule has 4 heteroatoms. The fourth-order valence-corrected chi connectivity index (χ4v) is 0.903. The smallest absolute Gasteiger partial charge is 0.319 e. The molecule has 0 heterocycles. The number of methoxy groups -OCH3 is 1. The highest BCUT2D eigenvalue weighted by atomic mass is 16.5. The summed E-state index contributed by atoms with van der Waals surface area (Å²) in [5.41, 5.74) is 0. The Labute approximate surface area is 86.2 Å². The van der Waals surface area contributed by atoms with Crippen LogP contribution in [-0.2, 0) is 14.3 Å². The van der Waals surface area contributed by atoms with Gasteiger partial charge < -0.3 is 9.47 Å². The van der Waals surface area contributed by atoms with Gasteiger partial charge in [0.2, 0.25) is 0 Å². The van der Waals surface area contributed by atoms with Crippen molar-refractivity contribution in [2.75, 3.05) is 40.5 Å². The van der Waals surface area contributed by atoms with E-state index in [-0.39, 0.29) is 5.97 Å². The molecule has 0 saturated carbocycles. The Balaban J connectivity index is 3.35. The monoisotopic (exact) mass is 203 g/mol. The van der Waals surface area contributed by atoms with Crippen LogP contribution in [0.3, 0.4) is 0 Å². The topological polar surface area (TPSA) is 38.8 Å². The van der Waals surface area contributed by atoms with Crippen molar-refractivity contribution in [1.29, 1.82) is 0 Å². The Morgan fingerprint density at radius 3 is 2.57 bits per heavy atom. The van der Waals surface area contributed by atoms with Crippen molar-refractivity contribution in [2.45, 2.75) is 13.8 Å². The van der Waals surface area contributed by atoms with E-state index in [9.17, 15) is 4.79 Å². The molecule has 0 spiro atoms. The van der Waals surface area contributed by atoms with Gasteiger partial charge in [0.15, 0.2) is 0 Å².